The zero-order chi connectivity index (χ0) is 10.1. The largest absolute Gasteiger partial charge is 0.369 e. The maximum atomic E-state index is 11.1. The summed E-state index contributed by atoms with van der Waals surface area (Å²) in [6.45, 7) is 0.838. The van der Waals surface area contributed by atoms with E-state index < -0.39 is 5.41 Å². The van der Waals surface area contributed by atoms with Crippen molar-refractivity contribution in [1.29, 1.82) is 5.26 Å². The van der Waals surface area contributed by atoms with Crippen LogP contribution in [0.15, 0.2) is 0 Å². The van der Waals surface area contributed by atoms with E-state index in [0.29, 0.717) is 0 Å². The summed E-state index contributed by atoms with van der Waals surface area (Å²) >= 11 is 0. The molecule has 0 heterocycles. The maximum Gasteiger partial charge on any atom is 0.225 e. The molecule has 0 saturated heterocycles. The summed E-state index contributed by atoms with van der Waals surface area (Å²) in [5.41, 5.74) is 4.76. The first-order valence-corrected chi connectivity index (χ1v) is 4.34. The van der Waals surface area contributed by atoms with Crippen LogP contribution in [0.25, 0.3) is 0 Å². The number of nitriles is 1. The van der Waals surface area contributed by atoms with Gasteiger partial charge in [0.2, 0.25) is 5.91 Å². The Morgan fingerprint density at radius 2 is 2.38 bits per heavy atom. The lowest BCUT2D eigenvalue weighted by molar-refractivity contribution is -0.123. The maximum absolute atomic E-state index is 11.1. The summed E-state index contributed by atoms with van der Waals surface area (Å²) in [7, 11) is 3.91. The fourth-order valence-electron chi connectivity index (χ4n) is 1.81. The van der Waals surface area contributed by atoms with Gasteiger partial charge in [0.25, 0.3) is 0 Å². The van der Waals surface area contributed by atoms with Crippen LogP contribution in [-0.2, 0) is 4.79 Å². The number of primary amides is 1. The molecule has 4 heteroatoms. The molecule has 0 aromatic heterocycles. The number of carbonyl (C=O) groups excluding carboxylic acids is 1. The van der Waals surface area contributed by atoms with Crippen molar-refractivity contribution in [3.05, 3.63) is 0 Å². The van der Waals surface area contributed by atoms with Crippen LogP contribution in [0.2, 0.25) is 0 Å². The fourth-order valence-corrected chi connectivity index (χ4v) is 1.81. The second-order valence-corrected chi connectivity index (χ2v) is 4.02. The van der Waals surface area contributed by atoms with Crippen LogP contribution < -0.4 is 5.73 Å². The van der Waals surface area contributed by atoms with Gasteiger partial charge in [0.15, 0.2) is 0 Å². The molecule has 2 unspecified atom stereocenters. The van der Waals surface area contributed by atoms with Crippen LogP contribution in [-0.4, -0.2) is 31.4 Å². The van der Waals surface area contributed by atoms with E-state index in [1.807, 2.05) is 25.1 Å². The molecular weight excluding hydrogens is 166 g/mol. The zero-order valence-electron chi connectivity index (χ0n) is 8.08. The summed E-state index contributed by atoms with van der Waals surface area (Å²) in [5.74, 6) is -0.0412. The molecule has 0 bridgehead atoms. The van der Waals surface area contributed by atoms with Gasteiger partial charge >= 0.3 is 0 Å². The average molecular weight is 181 g/mol. The third-order valence-corrected chi connectivity index (χ3v) is 2.70. The van der Waals surface area contributed by atoms with E-state index in [2.05, 4.69) is 0 Å². The second kappa shape index (κ2) is 3.35. The van der Waals surface area contributed by atoms with Crippen molar-refractivity contribution < 1.29 is 4.79 Å². The topological polar surface area (TPSA) is 70.1 Å². The minimum atomic E-state index is -0.515. The molecule has 0 spiro atoms. The lowest BCUT2D eigenvalue weighted by atomic mass is 9.99. The van der Waals surface area contributed by atoms with E-state index in [9.17, 15) is 4.79 Å². The van der Waals surface area contributed by atoms with Gasteiger partial charge in [-0.1, -0.05) is 0 Å². The average Bonchev–Trinajstić information content (AvgIpc) is 2.63. The first kappa shape index (κ1) is 10.0. The number of nitrogens with zero attached hydrogens (tertiary/aromatic N) is 2. The number of hydrogen-bond acceptors (Lipinski definition) is 3. The SMILES string of the molecule is CN(C)CC1CC1(CC#N)C(N)=O. The van der Waals surface area contributed by atoms with Crippen LogP contribution in [0.3, 0.4) is 0 Å². The third kappa shape index (κ3) is 1.81. The van der Waals surface area contributed by atoms with Crippen LogP contribution in [0.5, 0.6) is 0 Å². The van der Waals surface area contributed by atoms with Gasteiger partial charge in [-0.2, -0.15) is 5.26 Å². The number of amides is 1. The Hall–Kier alpha value is -1.08. The van der Waals surface area contributed by atoms with Crippen LogP contribution in [0.1, 0.15) is 12.8 Å². The standard InChI is InChI=1S/C9H15N3O/c1-12(2)6-7-5-9(7,3-4-10)8(11)13/h7H,3,5-6H2,1-2H3,(H2,11,13). The minimum absolute atomic E-state index is 0.265. The van der Waals surface area contributed by atoms with Crippen molar-refractivity contribution in [3.63, 3.8) is 0 Å². The van der Waals surface area contributed by atoms with Crippen molar-refractivity contribution in [2.24, 2.45) is 17.1 Å². The van der Waals surface area contributed by atoms with Gasteiger partial charge < -0.3 is 10.6 Å². The Morgan fingerprint density at radius 3 is 2.77 bits per heavy atom. The van der Waals surface area contributed by atoms with Gasteiger partial charge in [0.05, 0.1) is 11.5 Å². The van der Waals surface area contributed by atoms with Crippen molar-refractivity contribution in [1.82, 2.24) is 4.90 Å². The molecular formula is C9H15N3O. The van der Waals surface area contributed by atoms with Gasteiger partial charge in [0, 0.05) is 13.0 Å². The second-order valence-electron chi connectivity index (χ2n) is 4.02. The number of carbonyl (C=O) groups is 1. The molecule has 0 aromatic carbocycles. The summed E-state index contributed by atoms with van der Waals surface area (Å²) in [6.07, 6.45) is 1.04. The quantitative estimate of drug-likeness (QED) is 0.661. The third-order valence-electron chi connectivity index (χ3n) is 2.70. The Balaban J connectivity index is 2.58. The number of nitrogens with two attached hydrogens (primary N) is 1. The van der Waals surface area contributed by atoms with E-state index in [4.69, 9.17) is 11.0 Å². The predicted molar refractivity (Wildman–Crippen MR) is 48.5 cm³/mol. The number of rotatable bonds is 4. The molecule has 72 valence electrons. The first-order valence-electron chi connectivity index (χ1n) is 4.34. The normalized spacial score (nSPS) is 31.4. The smallest absolute Gasteiger partial charge is 0.225 e. The molecule has 2 N–H and O–H groups in total. The molecule has 1 aliphatic carbocycles. The van der Waals surface area contributed by atoms with Gasteiger partial charge in [-0.3, -0.25) is 4.79 Å². The van der Waals surface area contributed by atoms with Gasteiger partial charge in [0.1, 0.15) is 0 Å². The van der Waals surface area contributed by atoms with Crippen LogP contribution in [0, 0.1) is 22.7 Å². The van der Waals surface area contributed by atoms with Crippen molar-refractivity contribution in [2.75, 3.05) is 20.6 Å². The van der Waals surface area contributed by atoms with E-state index in [1.54, 1.807) is 0 Å². The summed E-state index contributed by atoms with van der Waals surface area (Å²) in [5, 5.41) is 8.57. The molecule has 0 radical (unpaired) electrons. The minimum Gasteiger partial charge on any atom is -0.369 e. The Labute approximate surface area is 78.3 Å². The molecule has 1 fully saturated rings. The summed E-state index contributed by atoms with van der Waals surface area (Å²) in [6, 6.07) is 2.04. The summed E-state index contributed by atoms with van der Waals surface area (Å²) < 4.78 is 0. The van der Waals surface area contributed by atoms with Gasteiger partial charge in [-0.25, -0.2) is 0 Å². The highest BCUT2D eigenvalue weighted by Crippen LogP contribution is 2.54. The highest BCUT2D eigenvalue weighted by atomic mass is 16.1. The van der Waals surface area contributed by atoms with E-state index >= 15 is 0 Å². The Morgan fingerprint density at radius 1 is 1.77 bits per heavy atom. The Kier molecular flexibility index (Phi) is 2.58. The monoisotopic (exact) mass is 181 g/mol. The molecule has 1 aliphatic rings. The molecule has 0 aromatic rings. The lowest BCUT2D eigenvalue weighted by Gasteiger charge is -2.12. The fraction of sp³-hybridized carbons (Fsp3) is 0.778. The van der Waals surface area contributed by atoms with Crippen molar-refractivity contribution >= 4 is 5.91 Å². The first-order chi connectivity index (χ1) is 6.03. The molecule has 4 nitrogen and oxygen atoms in total. The highest BCUT2D eigenvalue weighted by molar-refractivity contribution is 5.84. The van der Waals surface area contributed by atoms with Crippen LogP contribution >= 0.6 is 0 Å². The summed E-state index contributed by atoms with van der Waals surface area (Å²) in [4.78, 5) is 13.1. The highest BCUT2D eigenvalue weighted by Gasteiger charge is 2.58. The van der Waals surface area contributed by atoms with E-state index in [0.717, 1.165) is 13.0 Å². The van der Waals surface area contributed by atoms with E-state index in [-0.39, 0.29) is 18.2 Å². The zero-order valence-corrected chi connectivity index (χ0v) is 8.08. The Bertz CT molecular complexity index is 256. The molecule has 0 aliphatic heterocycles. The molecule has 2 atom stereocenters. The number of hydrogen-bond donors (Lipinski definition) is 1. The van der Waals surface area contributed by atoms with E-state index in [1.165, 1.54) is 0 Å². The molecule has 1 amide bonds. The van der Waals surface area contributed by atoms with Gasteiger partial charge in [-0.15, -0.1) is 0 Å². The molecule has 1 saturated carbocycles. The predicted octanol–water partition coefficient (Wildman–Crippen LogP) is -0.0467. The lowest BCUT2D eigenvalue weighted by Crippen LogP contribution is -2.29. The van der Waals surface area contributed by atoms with Crippen molar-refractivity contribution in [2.45, 2.75) is 12.8 Å². The van der Waals surface area contributed by atoms with Crippen molar-refractivity contribution in [3.8, 4) is 6.07 Å². The van der Waals surface area contributed by atoms with Crippen LogP contribution in [0.4, 0.5) is 0 Å². The molecule has 13 heavy (non-hydrogen) atoms. The molecule has 1 rings (SSSR count). The van der Waals surface area contributed by atoms with Gasteiger partial charge in [-0.05, 0) is 26.4 Å².